The summed E-state index contributed by atoms with van der Waals surface area (Å²) in [6.45, 7) is 1.38. The standard InChI is InChI=1S/C13H13FN6S2/c14-11-3-1-10(2-4-11)7-16-12-18-19-13(22-12)21-6-5-20-9-15-8-17-20/h1-4,8-9H,5-7H2,(H,16,18). The highest BCUT2D eigenvalue weighted by atomic mass is 32.2. The first-order chi connectivity index (χ1) is 10.8. The normalized spacial score (nSPS) is 10.8. The number of halogens is 1. The molecule has 2 heterocycles. The monoisotopic (exact) mass is 336 g/mol. The zero-order valence-corrected chi connectivity index (χ0v) is 13.1. The van der Waals surface area contributed by atoms with Gasteiger partial charge in [0, 0.05) is 12.3 Å². The molecule has 1 aromatic carbocycles. The summed E-state index contributed by atoms with van der Waals surface area (Å²) in [5.41, 5.74) is 0.997. The fourth-order valence-corrected chi connectivity index (χ4v) is 3.44. The number of thioether (sulfide) groups is 1. The molecule has 0 aliphatic carbocycles. The highest BCUT2D eigenvalue weighted by Crippen LogP contribution is 2.25. The van der Waals surface area contributed by atoms with Gasteiger partial charge in [0.1, 0.15) is 18.5 Å². The van der Waals surface area contributed by atoms with Crippen LogP contribution in [-0.4, -0.2) is 30.7 Å². The van der Waals surface area contributed by atoms with Crippen LogP contribution in [-0.2, 0) is 13.1 Å². The van der Waals surface area contributed by atoms with Gasteiger partial charge in [-0.25, -0.2) is 9.37 Å². The Labute approximate surface area is 134 Å². The highest BCUT2D eigenvalue weighted by molar-refractivity contribution is 8.01. The van der Waals surface area contributed by atoms with Crippen molar-refractivity contribution >= 4 is 28.2 Å². The third-order valence-electron chi connectivity index (χ3n) is 2.78. The Morgan fingerprint density at radius 1 is 1.23 bits per heavy atom. The van der Waals surface area contributed by atoms with Crippen LogP contribution < -0.4 is 5.32 Å². The van der Waals surface area contributed by atoms with E-state index in [2.05, 4.69) is 25.6 Å². The summed E-state index contributed by atoms with van der Waals surface area (Å²) in [4.78, 5) is 3.89. The molecule has 0 radical (unpaired) electrons. The molecule has 1 N–H and O–H groups in total. The molecular formula is C13H13FN6S2. The molecule has 6 nitrogen and oxygen atoms in total. The number of anilines is 1. The largest absolute Gasteiger partial charge is 0.356 e. The lowest BCUT2D eigenvalue weighted by Crippen LogP contribution is -2.00. The van der Waals surface area contributed by atoms with Crippen molar-refractivity contribution in [1.82, 2.24) is 25.0 Å². The Morgan fingerprint density at radius 2 is 2.09 bits per heavy atom. The predicted octanol–water partition coefficient (Wildman–Crippen LogP) is 2.67. The van der Waals surface area contributed by atoms with Gasteiger partial charge in [-0.15, -0.1) is 10.2 Å². The quantitative estimate of drug-likeness (QED) is 0.669. The minimum absolute atomic E-state index is 0.231. The van der Waals surface area contributed by atoms with E-state index in [9.17, 15) is 4.39 Å². The number of nitrogens with zero attached hydrogens (tertiary/aromatic N) is 5. The third kappa shape index (κ3) is 4.25. The average molecular weight is 336 g/mol. The number of rotatable bonds is 7. The third-order valence-corrected chi connectivity index (χ3v) is 4.77. The summed E-state index contributed by atoms with van der Waals surface area (Å²) in [5.74, 6) is 0.626. The van der Waals surface area contributed by atoms with Crippen molar-refractivity contribution in [3.63, 3.8) is 0 Å². The lowest BCUT2D eigenvalue weighted by atomic mass is 10.2. The molecule has 0 atom stereocenters. The first-order valence-electron chi connectivity index (χ1n) is 6.56. The number of hydrogen-bond donors (Lipinski definition) is 1. The van der Waals surface area contributed by atoms with Gasteiger partial charge in [0.2, 0.25) is 5.13 Å². The van der Waals surface area contributed by atoms with Gasteiger partial charge in [0.15, 0.2) is 4.34 Å². The van der Waals surface area contributed by atoms with Crippen LogP contribution in [0, 0.1) is 5.82 Å². The predicted molar refractivity (Wildman–Crippen MR) is 84.4 cm³/mol. The fraction of sp³-hybridized carbons (Fsp3) is 0.231. The van der Waals surface area contributed by atoms with E-state index in [1.54, 1.807) is 34.9 Å². The maximum absolute atomic E-state index is 12.8. The second-order valence-electron chi connectivity index (χ2n) is 4.36. The lowest BCUT2D eigenvalue weighted by molar-refractivity contribution is 0.627. The van der Waals surface area contributed by atoms with E-state index < -0.39 is 0 Å². The van der Waals surface area contributed by atoms with Crippen LogP contribution in [0.25, 0.3) is 0 Å². The Kier molecular flexibility index (Phi) is 4.96. The molecule has 2 aromatic heterocycles. The molecule has 0 unspecified atom stereocenters. The lowest BCUT2D eigenvalue weighted by Gasteiger charge is -2.01. The van der Waals surface area contributed by atoms with Gasteiger partial charge in [-0.1, -0.05) is 35.2 Å². The SMILES string of the molecule is Fc1ccc(CNc2nnc(SCCn3cncn3)s2)cc1. The molecule has 0 amide bonds. The van der Waals surface area contributed by atoms with Crippen LogP contribution in [0.1, 0.15) is 5.56 Å². The van der Waals surface area contributed by atoms with Crippen LogP contribution in [0.2, 0.25) is 0 Å². The second-order valence-corrected chi connectivity index (χ2v) is 6.68. The number of hydrogen-bond acceptors (Lipinski definition) is 7. The van der Waals surface area contributed by atoms with E-state index in [0.717, 1.165) is 27.3 Å². The fourth-order valence-electron chi connectivity index (χ4n) is 1.69. The van der Waals surface area contributed by atoms with Crippen molar-refractivity contribution in [1.29, 1.82) is 0 Å². The second kappa shape index (κ2) is 7.32. The molecule has 0 bridgehead atoms. The molecule has 0 saturated heterocycles. The molecule has 22 heavy (non-hydrogen) atoms. The van der Waals surface area contributed by atoms with Gasteiger partial charge in [-0.05, 0) is 17.7 Å². The number of nitrogens with one attached hydrogen (secondary N) is 1. The first-order valence-corrected chi connectivity index (χ1v) is 8.37. The smallest absolute Gasteiger partial charge is 0.206 e. The number of benzene rings is 1. The molecule has 114 valence electrons. The topological polar surface area (TPSA) is 68.5 Å². The van der Waals surface area contributed by atoms with Gasteiger partial charge in [0.25, 0.3) is 0 Å². The Balaban J connectivity index is 1.45. The summed E-state index contributed by atoms with van der Waals surface area (Å²) in [7, 11) is 0. The summed E-state index contributed by atoms with van der Waals surface area (Å²) in [6.07, 6.45) is 3.21. The molecule has 0 aliphatic rings. The minimum Gasteiger partial charge on any atom is -0.356 e. The van der Waals surface area contributed by atoms with Crippen LogP contribution in [0.4, 0.5) is 9.52 Å². The molecule has 0 aliphatic heterocycles. The number of aryl methyl sites for hydroxylation is 1. The zero-order valence-electron chi connectivity index (χ0n) is 11.5. The van der Waals surface area contributed by atoms with Crippen LogP contribution >= 0.6 is 23.1 Å². The molecule has 3 rings (SSSR count). The summed E-state index contributed by atoms with van der Waals surface area (Å²) in [6, 6.07) is 6.39. The van der Waals surface area contributed by atoms with E-state index in [1.807, 2.05) is 0 Å². The van der Waals surface area contributed by atoms with E-state index in [4.69, 9.17) is 0 Å². The van der Waals surface area contributed by atoms with Gasteiger partial charge in [-0.3, -0.25) is 4.68 Å². The Hall–Kier alpha value is -2.00. The van der Waals surface area contributed by atoms with E-state index in [1.165, 1.54) is 29.8 Å². The maximum Gasteiger partial charge on any atom is 0.206 e. The van der Waals surface area contributed by atoms with E-state index >= 15 is 0 Å². The van der Waals surface area contributed by atoms with E-state index in [-0.39, 0.29) is 5.82 Å². The summed E-state index contributed by atoms with van der Waals surface area (Å²) in [5, 5.41) is 16.2. The highest BCUT2D eigenvalue weighted by Gasteiger charge is 2.05. The first kappa shape index (κ1) is 14.9. The zero-order chi connectivity index (χ0) is 15.2. The summed E-state index contributed by atoms with van der Waals surface area (Å²) >= 11 is 3.13. The van der Waals surface area contributed by atoms with Crippen molar-refractivity contribution in [3.05, 3.63) is 48.3 Å². The average Bonchev–Trinajstić information content (AvgIpc) is 3.19. The van der Waals surface area contributed by atoms with Crippen molar-refractivity contribution in [2.24, 2.45) is 0 Å². The van der Waals surface area contributed by atoms with Crippen molar-refractivity contribution in [2.75, 3.05) is 11.1 Å². The molecule has 0 spiro atoms. The van der Waals surface area contributed by atoms with Crippen LogP contribution in [0.5, 0.6) is 0 Å². The Bertz CT molecular complexity index is 698. The van der Waals surface area contributed by atoms with Gasteiger partial charge < -0.3 is 5.32 Å². The van der Waals surface area contributed by atoms with Crippen molar-refractivity contribution < 1.29 is 4.39 Å². The van der Waals surface area contributed by atoms with Crippen molar-refractivity contribution in [2.45, 2.75) is 17.4 Å². The Morgan fingerprint density at radius 3 is 2.86 bits per heavy atom. The molecule has 9 heteroatoms. The maximum atomic E-state index is 12.8. The van der Waals surface area contributed by atoms with Crippen LogP contribution in [0.3, 0.4) is 0 Å². The minimum atomic E-state index is -0.231. The van der Waals surface area contributed by atoms with Gasteiger partial charge in [-0.2, -0.15) is 5.10 Å². The number of aromatic nitrogens is 5. The van der Waals surface area contributed by atoms with E-state index in [0.29, 0.717) is 6.54 Å². The molecule has 0 fully saturated rings. The molecule has 0 saturated carbocycles. The van der Waals surface area contributed by atoms with Crippen molar-refractivity contribution in [3.8, 4) is 0 Å². The van der Waals surface area contributed by atoms with Gasteiger partial charge in [0.05, 0.1) is 6.54 Å². The summed E-state index contributed by atoms with van der Waals surface area (Å²) < 4.78 is 15.5. The molecule has 3 aromatic rings. The molecular weight excluding hydrogens is 323 g/mol. The van der Waals surface area contributed by atoms with Crippen LogP contribution in [0.15, 0.2) is 41.3 Å². The van der Waals surface area contributed by atoms with Gasteiger partial charge >= 0.3 is 0 Å².